The minimum Gasteiger partial charge on any atom is -0.370 e. The van der Waals surface area contributed by atoms with Crippen molar-refractivity contribution in [2.75, 3.05) is 13.1 Å². The van der Waals surface area contributed by atoms with Gasteiger partial charge in [-0.05, 0) is 38.6 Å². The first kappa shape index (κ1) is 30.7. The molecule has 6 amide bonds. The molecule has 0 aromatic carbocycles. The van der Waals surface area contributed by atoms with Gasteiger partial charge in [0.25, 0.3) is 0 Å². The molecule has 0 radical (unpaired) electrons. The highest BCUT2D eigenvalue weighted by atomic mass is 16.2. The van der Waals surface area contributed by atoms with Crippen LogP contribution in [0.3, 0.4) is 0 Å². The summed E-state index contributed by atoms with van der Waals surface area (Å²) in [7, 11) is 0. The summed E-state index contributed by atoms with van der Waals surface area (Å²) in [4.78, 5) is 72.5. The smallest absolute Gasteiger partial charge is 0.243 e. The Kier molecular flexibility index (Phi) is 14.1. The predicted molar refractivity (Wildman–Crippen MR) is 123 cm³/mol. The maximum Gasteiger partial charge on any atom is 0.243 e. The first-order chi connectivity index (χ1) is 15.8. The third-order valence-electron chi connectivity index (χ3n) is 4.72. The molecule has 194 valence electrons. The molecular formula is C20H38N8O6. The van der Waals surface area contributed by atoms with E-state index >= 15 is 0 Å². The van der Waals surface area contributed by atoms with Gasteiger partial charge in [0.15, 0.2) is 0 Å². The van der Waals surface area contributed by atoms with E-state index in [1.54, 1.807) is 13.8 Å². The third kappa shape index (κ3) is 12.1. The minimum absolute atomic E-state index is 0.174. The van der Waals surface area contributed by atoms with Crippen LogP contribution in [0.2, 0.25) is 0 Å². The van der Waals surface area contributed by atoms with Crippen LogP contribution in [0.25, 0.3) is 0 Å². The van der Waals surface area contributed by atoms with Crippen LogP contribution >= 0.6 is 0 Å². The summed E-state index contributed by atoms with van der Waals surface area (Å²) in [6, 6.07) is -4.41. The van der Waals surface area contributed by atoms with Crippen molar-refractivity contribution in [1.82, 2.24) is 21.3 Å². The lowest BCUT2D eigenvalue weighted by Crippen LogP contribution is -2.59. The molecule has 0 unspecified atom stereocenters. The zero-order valence-electron chi connectivity index (χ0n) is 19.9. The van der Waals surface area contributed by atoms with Crippen molar-refractivity contribution >= 4 is 35.4 Å². The minimum atomic E-state index is -1.35. The summed E-state index contributed by atoms with van der Waals surface area (Å²) in [6.07, 6.45) is 0.707. The van der Waals surface area contributed by atoms with Crippen LogP contribution in [0.15, 0.2) is 0 Å². The van der Waals surface area contributed by atoms with Gasteiger partial charge in [-0.25, -0.2) is 0 Å². The summed E-state index contributed by atoms with van der Waals surface area (Å²) >= 11 is 0. The summed E-state index contributed by atoms with van der Waals surface area (Å²) in [6.45, 7) is 4.73. The van der Waals surface area contributed by atoms with Crippen LogP contribution in [-0.4, -0.2) is 72.7 Å². The predicted octanol–water partition coefficient (Wildman–Crippen LogP) is -3.95. The van der Waals surface area contributed by atoms with Gasteiger partial charge < -0.3 is 44.2 Å². The Bertz CT molecular complexity index is 743. The lowest BCUT2D eigenvalue weighted by Gasteiger charge is -2.26. The fraction of sp³-hybridized carbons (Fsp3) is 0.700. The zero-order chi connectivity index (χ0) is 26.4. The van der Waals surface area contributed by atoms with E-state index in [1.807, 2.05) is 0 Å². The number of hydrogen-bond donors (Lipinski definition) is 8. The number of hydrogen-bond acceptors (Lipinski definition) is 8. The zero-order valence-corrected chi connectivity index (χ0v) is 19.9. The maximum atomic E-state index is 13.0. The first-order valence-corrected chi connectivity index (χ1v) is 11.0. The number of carbonyl (C=O) groups excluding carboxylic acids is 6. The Morgan fingerprint density at radius 1 is 0.735 bits per heavy atom. The molecule has 0 aromatic heterocycles. The quantitative estimate of drug-likeness (QED) is 0.0996. The van der Waals surface area contributed by atoms with E-state index in [4.69, 9.17) is 22.9 Å². The molecule has 0 aliphatic carbocycles. The lowest BCUT2D eigenvalue weighted by atomic mass is 10.0. The van der Waals surface area contributed by atoms with Gasteiger partial charge in [-0.3, -0.25) is 28.8 Å². The molecule has 0 heterocycles. The van der Waals surface area contributed by atoms with Gasteiger partial charge in [0.1, 0.15) is 18.1 Å². The normalized spacial score (nSPS) is 14.3. The highest BCUT2D eigenvalue weighted by molar-refractivity contribution is 5.96. The van der Waals surface area contributed by atoms with Gasteiger partial charge in [0, 0.05) is 0 Å². The molecule has 0 bridgehead atoms. The van der Waals surface area contributed by atoms with E-state index in [2.05, 4.69) is 21.3 Å². The lowest BCUT2D eigenvalue weighted by molar-refractivity contribution is -0.135. The Labute approximate surface area is 198 Å². The van der Waals surface area contributed by atoms with E-state index in [-0.39, 0.29) is 12.3 Å². The summed E-state index contributed by atoms with van der Waals surface area (Å²) in [5.74, 6) is -4.75. The molecule has 0 saturated heterocycles. The summed E-state index contributed by atoms with van der Waals surface area (Å²) in [5, 5.41) is 9.72. The SMILES string of the molecule is CC(C)[C@H](NC(=O)[C@H](CCCCN)NC(=O)[C@H](CC(N)=O)NC(=O)[C@H](C)N)C(=O)NCC(N)=O. The van der Waals surface area contributed by atoms with Crippen LogP contribution in [0.4, 0.5) is 0 Å². The maximum absolute atomic E-state index is 13.0. The molecule has 0 aromatic rings. The van der Waals surface area contributed by atoms with Crippen LogP contribution < -0.4 is 44.2 Å². The number of nitrogens with two attached hydrogens (primary N) is 4. The van der Waals surface area contributed by atoms with Crippen LogP contribution in [-0.2, 0) is 28.8 Å². The average Bonchev–Trinajstić information content (AvgIpc) is 2.73. The molecule has 4 atom stereocenters. The Morgan fingerprint density at radius 3 is 1.76 bits per heavy atom. The fourth-order valence-corrected chi connectivity index (χ4v) is 2.82. The van der Waals surface area contributed by atoms with Crippen molar-refractivity contribution in [3.63, 3.8) is 0 Å². The molecule has 0 aliphatic rings. The van der Waals surface area contributed by atoms with Crippen LogP contribution in [0.1, 0.15) is 46.5 Å². The Morgan fingerprint density at radius 2 is 1.29 bits per heavy atom. The van der Waals surface area contributed by atoms with Crippen LogP contribution in [0, 0.1) is 5.92 Å². The number of unbranched alkanes of at least 4 members (excludes halogenated alkanes) is 1. The molecule has 0 spiro atoms. The first-order valence-electron chi connectivity index (χ1n) is 11.0. The molecule has 34 heavy (non-hydrogen) atoms. The number of nitrogens with one attached hydrogen (secondary N) is 4. The molecule has 0 saturated carbocycles. The monoisotopic (exact) mass is 486 g/mol. The van der Waals surface area contributed by atoms with Gasteiger partial charge >= 0.3 is 0 Å². The Balaban J connectivity index is 5.57. The number of primary amides is 2. The molecule has 14 heteroatoms. The van der Waals surface area contributed by atoms with E-state index < -0.39 is 72.6 Å². The highest BCUT2D eigenvalue weighted by Gasteiger charge is 2.31. The van der Waals surface area contributed by atoms with E-state index in [9.17, 15) is 28.8 Å². The molecule has 14 nitrogen and oxygen atoms in total. The van der Waals surface area contributed by atoms with Gasteiger partial charge in [0.2, 0.25) is 35.4 Å². The number of amides is 6. The standard InChI is InChI=1S/C20H38N8O6/c1-10(2)16(20(34)25-9-15(24)30)28-18(32)12(6-4-5-7-21)26-19(33)13(8-14(23)29)27-17(31)11(3)22/h10-13,16H,4-9,21-22H2,1-3H3,(H2,23,29)(H2,24,30)(H,25,34)(H,26,33)(H,27,31)(H,28,32)/t11-,12-,13-,16-/m0/s1. The molecule has 0 aliphatic heterocycles. The second kappa shape index (κ2) is 15.6. The molecule has 12 N–H and O–H groups in total. The highest BCUT2D eigenvalue weighted by Crippen LogP contribution is 2.07. The number of carbonyl (C=O) groups is 6. The van der Waals surface area contributed by atoms with Crippen molar-refractivity contribution in [2.24, 2.45) is 28.9 Å². The van der Waals surface area contributed by atoms with Crippen molar-refractivity contribution < 1.29 is 28.8 Å². The second-order valence-corrected chi connectivity index (χ2v) is 8.28. The van der Waals surface area contributed by atoms with Crippen LogP contribution in [0.5, 0.6) is 0 Å². The number of rotatable bonds is 16. The van der Waals surface area contributed by atoms with Gasteiger partial charge in [-0.15, -0.1) is 0 Å². The Hall–Kier alpha value is -3.26. The van der Waals surface area contributed by atoms with Gasteiger partial charge in [-0.1, -0.05) is 13.8 Å². The fourth-order valence-electron chi connectivity index (χ4n) is 2.82. The summed E-state index contributed by atoms with van der Waals surface area (Å²) in [5.41, 5.74) is 21.2. The largest absolute Gasteiger partial charge is 0.370 e. The van der Waals surface area contributed by atoms with Gasteiger partial charge in [0.05, 0.1) is 19.0 Å². The van der Waals surface area contributed by atoms with Crippen molar-refractivity contribution in [2.45, 2.75) is 70.6 Å². The molecule has 0 fully saturated rings. The summed E-state index contributed by atoms with van der Waals surface area (Å²) < 4.78 is 0. The van der Waals surface area contributed by atoms with E-state index in [0.29, 0.717) is 19.4 Å². The van der Waals surface area contributed by atoms with Crippen molar-refractivity contribution in [1.29, 1.82) is 0 Å². The van der Waals surface area contributed by atoms with Gasteiger partial charge in [-0.2, -0.15) is 0 Å². The van der Waals surface area contributed by atoms with Crippen molar-refractivity contribution in [3.05, 3.63) is 0 Å². The van der Waals surface area contributed by atoms with Crippen molar-refractivity contribution in [3.8, 4) is 0 Å². The van der Waals surface area contributed by atoms with E-state index in [1.165, 1.54) is 6.92 Å². The van der Waals surface area contributed by atoms with E-state index in [0.717, 1.165) is 0 Å². The third-order valence-corrected chi connectivity index (χ3v) is 4.72. The average molecular weight is 487 g/mol. The molecule has 0 rings (SSSR count). The topological polar surface area (TPSA) is 255 Å². The second-order valence-electron chi connectivity index (χ2n) is 8.28. The molecular weight excluding hydrogens is 448 g/mol.